The second-order valence-electron chi connectivity index (χ2n) is 8.04. The van der Waals surface area contributed by atoms with Gasteiger partial charge in [0.1, 0.15) is 11.8 Å². The molecule has 0 saturated heterocycles. The van der Waals surface area contributed by atoms with E-state index < -0.39 is 12.0 Å². The van der Waals surface area contributed by atoms with Gasteiger partial charge < -0.3 is 15.2 Å². The van der Waals surface area contributed by atoms with Crippen molar-refractivity contribution in [3.8, 4) is 5.75 Å². The van der Waals surface area contributed by atoms with E-state index in [4.69, 9.17) is 4.74 Å². The van der Waals surface area contributed by atoms with Crippen molar-refractivity contribution in [3.63, 3.8) is 0 Å². The predicted octanol–water partition coefficient (Wildman–Crippen LogP) is 5.04. The molecule has 1 unspecified atom stereocenters. The molecule has 0 aliphatic heterocycles. The molecule has 4 aromatic rings. The molecule has 0 aliphatic carbocycles. The lowest BCUT2D eigenvalue weighted by molar-refractivity contribution is -0.137. The first-order valence-corrected chi connectivity index (χ1v) is 11.4. The number of aromatic nitrogens is 1. The first-order valence-electron chi connectivity index (χ1n) is 11.4. The van der Waals surface area contributed by atoms with E-state index in [2.05, 4.69) is 10.3 Å². The number of hydrogen-bond acceptors (Lipinski definition) is 5. The van der Waals surface area contributed by atoms with Crippen molar-refractivity contribution in [2.45, 2.75) is 18.9 Å². The average Bonchev–Trinajstić information content (AvgIpc) is 2.90. The molecular weight excluding hydrogens is 440 g/mol. The van der Waals surface area contributed by atoms with Crippen molar-refractivity contribution in [3.05, 3.63) is 126 Å². The Morgan fingerprint density at radius 1 is 0.857 bits per heavy atom. The molecule has 2 N–H and O–H groups in total. The Labute approximate surface area is 204 Å². The molecular formula is C29H26N2O4. The lowest BCUT2D eigenvalue weighted by atomic mass is 10.00. The SMILES string of the molecule is O=C(c1ccccc1)c1ccccc1NC(Cc1ccc(OCCc2ccccn2)cc1)C(=O)O. The molecule has 0 saturated carbocycles. The zero-order chi connectivity index (χ0) is 24.5. The highest BCUT2D eigenvalue weighted by molar-refractivity contribution is 6.12. The number of ketones is 1. The lowest BCUT2D eigenvalue weighted by Crippen LogP contribution is -2.32. The fourth-order valence-electron chi connectivity index (χ4n) is 3.72. The van der Waals surface area contributed by atoms with Crippen molar-refractivity contribution in [2.75, 3.05) is 11.9 Å². The molecule has 0 radical (unpaired) electrons. The summed E-state index contributed by atoms with van der Waals surface area (Å²) in [6.07, 6.45) is 2.71. The fraction of sp³-hybridized carbons (Fsp3) is 0.138. The topological polar surface area (TPSA) is 88.5 Å². The maximum Gasteiger partial charge on any atom is 0.326 e. The maximum absolute atomic E-state index is 13.0. The normalized spacial score (nSPS) is 11.4. The van der Waals surface area contributed by atoms with Gasteiger partial charge in [0.15, 0.2) is 5.78 Å². The summed E-state index contributed by atoms with van der Waals surface area (Å²) in [6.45, 7) is 0.502. The van der Waals surface area contributed by atoms with E-state index in [1.54, 1.807) is 54.7 Å². The number of ether oxygens (including phenoxy) is 1. The number of nitrogens with zero attached hydrogens (tertiary/aromatic N) is 1. The van der Waals surface area contributed by atoms with Gasteiger partial charge >= 0.3 is 5.97 Å². The first kappa shape index (κ1) is 23.7. The Balaban J connectivity index is 1.40. The van der Waals surface area contributed by atoms with Crippen LogP contribution in [-0.2, 0) is 17.6 Å². The smallest absolute Gasteiger partial charge is 0.326 e. The maximum atomic E-state index is 13.0. The van der Waals surface area contributed by atoms with Crippen molar-refractivity contribution in [1.29, 1.82) is 0 Å². The van der Waals surface area contributed by atoms with Crippen LogP contribution in [0.3, 0.4) is 0 Å². The van der Waals surface area contributed by atoms with Gasteiger partial charge in [-0.3, -0.25) is 9.78 Å². The van der Waals surface area contributed by atoms with Crippen molar-refractivity contribution >= 4 is 17.4 Å². The molecule has 1 atom stereocenters. The number of pyridine rings is 1. The third kappa shape index (κ3) is 6.54. The second-order valence-corrected chi connectivity index (χ2v) is 8.04. The Hall–Kier alpha value is -4.45. The average molecular weight is 467 g/mol. The Morgan fingerprint density at radius 3 is 2.29 bits per heavy atom. The van der Waals surface area contributed by atoms with Crippen molar-refractivity contribution < 1.29 is 19.4 Å². The largest absolute Gasteiger partial charge is 0.493 e. The summed E-state index contributed by atoms with van der Waals surface area (Å²) in [5.41, 5.74) is 3.27. The highest BCUT2D eigenvalue weighted by Crippen LogP contribution is 2.22. The van der Waals surface area contributed by atoms with Gasteiger partial charge in [0.25, 0.3) is 0 Å². The molecule has 6 heteroatoms. The quantitative estimate of drug-likeness (QED) is 0.301. The number of nitrogens with one attached hydrogen (secondary N) is 1. The summed E-state index contributed by atoms with van der Waals surface area (Å²) in [7, 11) is 0. The van der Waals surface area contributed by atoms with Crippen LogP contribution in [0, 0.1) is 0 Å². The van der Waals surface area contributed by atoms with E-state index in [0.717, 1.165) is 11.3 Å². The van der Waals surface area contributed by atoms with E-state index in [1.165, 1.54) is 0 Å². The van der Waals surface area contributed by atoms with Gasteiger partial charge in [-0.05, 0) is 42.0 Å². The van der Waals surface area contributed by atoms with Crippen LogP contribution in [0.15, 0.2) is 103 Å². The summed E-state index contributed by atoms with van der Waals surface area (Å²) in [4.78, 5) is 29.3. The van der Waals surface area contributed by atoms with Crippen LogP contribution >= 0.6 is 0 Å². The minimum atomic E-state index is -0.998. The number of benzene rings is 3. The van der Waals surface area contributed by atoms with Crippen LogP contribution < -0.4 is 10.1 Å². The van der Waals surface area contributed by atoms with E-state index in [9.17, 15) is 14.7 Å². The zero-order valence-electron chi connectivity index (χ0n) is 19.1. The standard InChI is InChI=1S/C29H26N2O4/c32-28(22-8-2-1-3-9-22)25-11-4-5-12-26(25)31-27(29(33)34)20-21-13-15-24(16-14-21)35-19-17-23-10-6-7-18-30-23/h1-16,18,27,31H,17,19-20H2,(H,33,34). The Morgan fingerprint density at radius 2 is 1.57 bits per heavy atom. The van der Waals surface area contributed by atoms with Crippen LogP contribution in [0.1, 0.15) is 27.2 Å². The van der Waals surface area contributed by atoms with Gasteiger partial charge in [0, 0.05) is 41.5 Å². The molecule has 4 rings (SSSR count). The second kappa shape index (κ2) is 11.6. The fourth-order valence-corrected chi connectivity index (χ4v) is 3.72. The molecule has 3 aromatic carbocycles. The summed E-state index contributed by atoms with van der Waals surface area (Å²) in [5, 5.41) is 12.9. The number of carboxylic acid groups (broad SMARTS) is 1. The molecule has 176 valence electrons. The number of carboxylic acids is 1. The van der Waals surface area contributed by atoms with Gasteiger partial charge in [-0.2, -0.15) is 0 Å². The van der Waals surface area contributed by atoms with Crippen LogP contribution in [0.5, 0.6) is 5.75 Å². The van der Waals surface area contributed by atoms with E-state index in [0.29, 0.717) is 35.6 Å². The van der Waals surface area contributed by atoms with E-state index in [1.807, 2.05) is 48.5 Å². The third-order valence-corrected chi connectivity index (χ3v) is 5.55. The highest BCUT2D eigenvalue weighted by atomic mass is 16.5. The summed E-state index contributed by atoms with van der Waals surface area (Å²) >= 11 is 0. The summed E-state index contributed by atoms with van der Waals surface area (Å²) in [5.74, 6) is -0.448. The molecule has 35 heavy (non-hydrogen) atoms. The molecule has 0 amide bonds. The summed E-state index contributed by atoms with van der Waals surface area (Å²) in [6, 6.07) is 28.2. The minimum absolute atomic E-state index is 0.162. The van der Waals surface area contributed by atoms with Crippen LogP contribution in [-0.4, -0.2) is 34.5 Å². The zero-order valence-corrected chi connectivity index (χ0v) is 19.1. The van der Waals surface area contributed by atoms with E-state index >= 15 is 0 Å². The van der Waals surface area contributed by atoms with Crippen LogP contribution in [0.25, 0.3) is 0 Å². The first-order chi connectivity index (χ1) is 17.1. The van der Waals surface area contributed by atoms with Gasteiger partial charge in [-0.1, -0.05) is 60.7 Å². The molecule has 6 nitrogen and oxygen atoms in total. The number of anilines is 1. The Kier molecular flexibility index (Phi) is 7.86. The third-order valence-electron chi connectivity index (χ3n) is 5.55. The number of carbonyl (C=O) groups is 2. The predicted molar refractivity (Wildman–Crippen MR) is 135 cm³/mol. The number of aliphatic carboxylic acids is 1. The number of carbonyl (C=O) groups excluding carboxylic acids is 1. The monoisotopic (exact) mass is 466 g/mol. The molecule has 0 aliphatic rings. The molecule has 0 spiro atoms. The van der Waals surface area contributed by atoms with Gasteiger partial charge in [0.05, 0.1) is 6.61 Å². The molecule has 1 aromatic heterocycles. The number of hydrogen-bond donors (Lipinski definition) is 2. The Bertz CT molecular complexity index is 1260. The van der Waals surface area contributed by atoms with Gasteiger partial charge in [0.2, 0.25) is 0 Å². The minimum Gasteiger partial charge on any atom is -0.493 e. The van der Waals surface area contributed by atoms with Crippen LogP contribution in [0.4, 0.5) is 5.69 Å². The van der Waals surface area contributed by atoms with Crippen molar-refractivity contribution in [2.24, 2.45) is 0 Å². The molecule has 0 bridgehead atoms. The van der Waals surface area contributed by atoms with Crippen LogP contribution in [0.2, 0.25) is 0 Å². The van der Waals surface area contributed by atoms with Gasteiger partial charge in [-0.15, -0.1) is 0 Å². The van der Waals surface area contributed by atoms with Gasteiger partial charge in [-0.25, -0.2) is 4.79 Å². The lowest BCUT2D eigenvalue weighted by Gasteiger charge is -2.18. The molecule has 0 fully saturated rings. The van der Waals surface area contributed by atoms with Crippen molar-refractivity contribution in [1.82, 2.24) is 4.98 Å². The highest BCUT2D eigenvalue weighted by Gasteiger charge is 2.21. The number of para-hydroxylation sites is 1. The number of rotatable bonds is 11. The molecule has 1 heterocycles. The van der Waals surface area contributed by atoms with E-state index in [-0.39, 0.29) is 12.2 Å². The summed E-state index contributed by atoms with van der Waals surface area (Å²) < 4.78 is 5.79.